The average Bonchev–Trinajstić information content (AvgIpc) is 2.95. The normalized spacial score (nSPS) is 22.1. The maximum absolute atomic E-state index is 5.69. The Labute approximate surface area is 122 Å². The molecule has 4 heteroatoms. The molecule has 1 aromatic carbocycles. The van der Waals surface area contributed by atoms with E-state index in [1.807, 2.05) is 0 Å². The molecule has 1 saturated heterocycles. The summed E-state index contributed by atoms with van der Waals surface area (Å²) < 4.78 is 5.69. The van der Waals surface area contributed by atoms with E-state index < -0.39 is 0 Å². The van der Waals surface area contributed by atoms with Crippen LogP contribution in [-0.4, -0.2) is 25.7 Å². The zero-order valence-corrected chi connectivity index (χ0v) is 12.6. The quantitative estimate of drug-likeness (QED) is 0.638. The first-order valence-corrected chi connectivity index (χ1v) is 7.78. The molecule has 3 N–H and O–H groups in total. The lowest BCUT2D eigenvalue weighted by molar-refractivity contribution is 0.309. The van der Waals surface area contributed by atoms with Gasteiger partial charge in [0.25, 0.3) is 0 Å². The molecule has 1 aliphatic rings. The van der Waals surface area contributed by atoms with Crippen LogP contribution in [0.3, 0.4) is 0 Å². The standard InChI is InChI=1S/C16H27N3O/c1-3-5-10-20-15-8-6-13(7-9-15)16-11-14(18-19-16)12-17-4-2/h6-9,14,16-19H,3-5,10-12H2,1-2H3. The van der Waals surface area contributed by atoms with Gasteiger partial charge in [-0.25, -0.2) is 5.43 Å². The van der Waals surface area contributed by atoms with Crippen molar-refractivity contribution in [1.29, 1.82) is 0 Å². The number of benzene rings is 1. The second kappa shape index (κ2) is 8.25. The van der Waals surface area contributed by atoms with E-state index in [4.69, 9.17) is 4.74 Å². The van der Waals surface area contributed by atoms with Crippen molar-refractivity contribution < 1.29 is 4.74 Å². The smallest absolute Gasteiger partial charge is 0.119 e. The minimum atomic E-state index is 0.392. The SMILES string of the molecule is CCCCOc1ccc(C2CC(CNCC)NN2)cc1. The van der Waals surface area contributed by atoms with Crippen molar-refractivity contribution in [2.24, 2.45) is 0 Å². The van der Waals surface area contributed by atoms with Crippen LogP contribution in [0.4, 0.5) is 0 Å². The summed E-state index contributed by atoms with van der Waals surface area (Å²) in [5, 5.41) is 3.38. The number of hydrogen-bond acceptors (Lipinski definition) is 4. The lowest BCUT2D eigenvalue weighted by atomic mass is 10.0. The van der Waals surface area contributed by atoms with Crippen LogP contribution in [-0.2, 0) is 0 Å². The van der Waals surface area contributed by atoms with E-state index in [9.17, 15) is 0 Å². The Morgan fingerprint density at radius 2 is 2.00 bits per heavy atom. The number of ether oxygens (including phenoxy) is 1. The third-order valence-corrected chi connectivity index (χ3v) is 3.67. The van der Waals surface area contributed by atoms with Crippen LogP contribution in [0.25, 0.3) is 0 Å². The van der Waals surface area contributed by atoms with Gasteiger partial charge in [-0.05, 0) is 37.1 Å². The van der Waals surface area contributed by atoms with Crippen LogP contribution in [0, 0.1) is 0 Å². The Morgan fingerprint density at radius 1 is 1.20 bits per heavy atom. The summed E-state index contributed by atoms with van der Waals surface area (Å²) in [5.74, 6) is 0.970. The van der Waals surface area contributed by atoms with E-state index in [2.05, 4.69) is 54.3 Å². The van der Waals surface area contributed by atoms with Crippen LogP contribution >= 0.6 is 0 Å². The van der Waals surface area contributed by atoms with E-state index in [0.717, 1.165) is 38.3 Å². The van der Waals surface area contributed by atoms with Crippen molar-refractivity contribution in [3.63, 3.8) is 0 Å². The number of rotatable bonds is 8. The molecule has 0 radical (unpaired) electrons. The van der Waals surface area contributed by atoms with Crippen molar-refractivity contribution in [1.82, 2.24) is 16.2 Å². The Balaban J connectivity index is 1.81. The molecule has 2 atom stereocenters. The summed E-state index contributed by atoms with van der Waals surface area (Å²) >= 11 is 0. The van der Waals surface area contributed by atoms with Gasteiger partial charge in [-0.1, -0.05) is 32.4 Å². The predicted octanol–water partition coefficient (Wildman–Crippen LogP) is 2.38. The molecule has 0 spiro atoms. The topological polar surface area (TPSA) is 45.3 Å². The molecule has 0 saturated carbocycles. The molecule has 0 amide bonds. The fourth-order valence-corrected chi connectivity index (χ4v) is 2.42. The molecule has 0 aromatic heterocycles. The van der Waals surface area contributed by atoms with Gasteiger partial charge < -0.3 is 10.1 Å². The highest BCUT2D eigenvalue weighted by atomic mass is 16.5. The molecule has 1 aromatic rings. The van der Waals surface area contributed by atoms with Crippen LogP contribution in [0.5, 0.6) is 5.75 Å². The Kier molecular flexibility index (Phi) is 6.30. The summed E-state index contributed by atoms with van der Waals surface area (Å²) in [6, 6.07) is 9.37. The van der Waals surface area contributed by atoms with E-state index in [1.165, 1.54) is 12.0 Å². The molecule has 2 unspecified atom stereocenters. The van der Waals surface area contributed by atoms with Gasteiger partial charge in [0, 0.05) is 18.6 Å². The number of unbranched alkanes of at least 4 members (excludes halogenated alkanes) is 1. The van der Waals surface area contributed by atoms with E-state index in [1.54, 1.807) is 0 Å². The zero-order valence-electron chi connectivity index (χ0n) is 12.6. The first-order chi connectivity index (χ1) is 9.83. The molecule has 0 aliphatic carbocycles. The average molecular weight is 277 g/mol. The van der Waals surface area contributed by atoms with Crippen LogP contribution in [0.1, 0.15) is 44.7 Å². The molecule has 4 nitrogen and oxygen atoms in total. The first kappa shape index (κ1) is 15.3. The lowest BCUT2D eigenvalue weighted by Gasteiger charge is -2.11. The molecule has 0 bridgehead atoms. The molecule has 1 heterocycles. The van der Waals surface area contributed by atoms with Gasteiger partial charge in [0.2, 0.25) is 0 Å². The van der Waals surface area contributed by atoms with Gasteiger partial charge in [-0.2, -0.15) is 0 Å². The Hall–Kier alpha value is -1.10. The van der Waals surface area contributed by atoms with Gasteiger partial charge >= 0.3 is 0 Å². The molecule has 112 valence electrons. The van der Waals surface area contributed by atoms with Crippen molar-refractivity contribution in [2.75, 3.05) is 19.7 Å². The van der Waals surface area contributed by atoms with Crippen molar-refractivity contribution in [3.05, 3.63) is 29.8 Å². The highest BCUT2D eigenvalue weighted by Gasteiger charge is 2.24. The lowest BCUT2D eigenvalue weighted by Crippen LogP contribution is -2.37. The molecule has 1 fully saturated rings. The fourth-order valence-electron chi connectivity index (χ4n) is 2.42. The van der Waals surface area contributed by atoms with Gasteiger partial charge in [0.15, 0.2) is 0 Å². The fraction of sp³-hybridized carbons (Fsp3) is 0.625. The maximum atomic E-state index is 5.69. The second-order valence-electron chi connectivity index (χ2n) is 5.35. The number of hydrazine groups is 1. The zero-order chi connectivity index (χ0) is 14.2. The number of likely N-dealkylation sites (N-methyl/N-ethyl adjacent to an activating group) is 1. The monoisotopic (exact) mass is 277 g/mol. The number of hydrogen-bond donors (Lipinski definition) is 3. The van der Waals surface area contributed by atoms with Crippen LogP contribution in [0.15, 0.2) is 24.3 Å². The predicted molar refractivity (Wildman–Crippen MR) is 82.8 cm³/mol. The third kappa shape index (κ3) is 4.47. The summed E-state index contributed by atoms with van der Waals surface area (Å²) in [5.41, 5.74) is 8.04. The van der Waals surface area contributed by atoms with E-state index in [-0.39, 0.29) is 0 Å². The van der Waals surface area contributed by atoms with Crippen molar-refractivity contribution in [3.8, 4) is 5.75 Å². The largest absolute Gasteiger partial charge is 0.494 e. The van der Waals surface area contributed by atoms with Crippen LogP contribution < -0.4 is 20.9 Å². The molecule has 2 rings (SSSR count). The van der Waals surface area contributed by atoms with Crippen molar-refractivity contribution in [2.45, 2.75) is 45.2 Å². The van der Waals surface area contributed by atoms with E-state index in [0.29, 0.717) is 12.1 Å². The maximum Gasteiger partial charge on any atom is 0.119 e. The third-order valence-electron chi connectivity index (χ3n) is 3.67. The highest BCUT2D eigenvalue weighted by Crippen LogP contribution is 2.24. The molecule has 1 aliphatic heterocycles. The van der Waals surface area contributed by atoms with Gasteiger partial charge in [-0.15, -0.1) is 0 Å². The Bertz CT molecular complexity index is 380. The van der Waals surface area contributed by atoms with Gasteiger partial charge in [0.05, 0.1) is 6.61 Å². The van der Waals surface area contributed by atoms with Crippen molar-refractivity contribution >= 4 is 0 Å². The summed E-state index contributed by atoms with van der Waals surface area (Å²) in [7, 11) is 0. The first-order valence-electron chi connectivity index (χ1n) is 7.78. The van der Waals surface area contributed by atoms with Crippen LogP contribution in [0.2, 0.25) is 0 Å². The minimum absolute atomic E-state index is 0.392. The molecular weight excluding hydrogens is 250 g/mol. The summed E-state index contributed by atoms with van der Waals surface area (Å²) in [6.45, 7) is 7.15. The second-order valence-corrected chi connectivity index (χ2v) is 5.35. The Morgan fingerprint density at radius 3 is 2.70 bits per heavy atom. The highest BCUT2D eigenvalue weighted by molar-refractivity contribution is 5.29. The summed E-state index contributed by atoms with van der Waals surface area (Å²) in [4.78, 5) is 0. The van der Waals surface area contributed by atoms with Gasteiger partial charge in [-0.3, -0.25) is 5.43 Å². The van der Waals surface area contributed by atoms with E-state index >= 15 is 0 Å². The number of nitrogens with one attached hydrogen (secondary N) is 3. The molecular formula is C16H27N3O. The minimum Gasteiger partial charge on any atom is -0.494 e. The molecule has 20 heavy (non-hydrogen) atoms. The summed E-state index contributed by atoms with van der Waals surface area (Å²) in [6.07, 6.45) is 3.40. The van der Waals surface area contributed by atoms with Gasteiger partial charge in [0.1, 0.15) is 5.75 Å².